The van der Waals surface area contributed by atoms with Crippen molar-refractivity contribution in [2.75, 3.05) is 5.32 Å². The van der Waals surface area contributed by atoms with Gasteiger partial charge in [0.1, 0.15) is 0 Å². The van der Waals surface area contributed by atoms with Crippen molar-refractivity contribution in [3.05, 3.63) is 92.4 Å². The highest BCUT2D eigenvalue weighted by Gasteiger charge is 2.10. The van der Waals surface area contributed by atoms with E-state index in [4.69, 9.17) is 4.42 Å². The number of para-hydroxylation sites is 1. The standard InChI is InChI=1S/C21H13IN2O3/c22-15-5-3-4-14(12-15)19(25)23-16-10-8-13(9-11-16)20-24-18-7-2-1-6-17(18)21(26)27-20/h1-12H,(H,23,25). The lowest BCUT2D eigenvalue weighted by atomic mass is 10.1. The third kappa shape index (κ3) is 3.75. The molecule has 0 aliphatic heterocycles. The van der Waals surface area contributed by atoms with Gasteiger partial charge < -0.3 is 9.73 Å². The molecule has 4 rings (SSSR count). The van der Waals surface area contributed by atoms with Gasteiger partial charge >= 0.3 is 5.63 Å². The van der Waals surface area contributed by atoms with E-state index in [0.717, 1.165) is 3.57 Å². The van der Waals surface area contributed by atoms with E-state index in [1.807, 2.05) is 24.3 Å². The first-order valence-electron chi connectivity index (χ1n) is 8.17. The molecule has 5 nitrogen and oxygen atoms in total. The van der Waals surface area contributed by atoms with Gasteiger partial charge in [0.2, 0.25) is 5.89 Å². The van der Waals surface area contributed by atoms with Crippen LogP contribution in [0.1, 0.15) is 10.4 Å². The van der Waals surface area contributed by atoms with E-state index >= 15 is 0 Å². The molecule has 1 N–H and O–H groups in total. The van der Waals surface area contributed by atoms with Gasteiger partial charge in [0.15, 0.2) is 0 Å². The van der Waals surface area contributed by atoms with E-state index in [1.165, 1.54) is 0 Å². The van der Waals surface area contributed by atoms with Crippen molar-refractivity contribution in [1.82, 2.24) is 4.98 Å². The van der Waals surface area contributed by atoms with Crippen molar-refractivity contribution in [2.24, 2.45) is 0 Å². The van der Waals surface area contributed by atoms with Crippen molar-refractivity contribution in [3.8, 4) is 11.5 Å². The largest absolute Gasteiger partial charge is 0.403 e. The molecule has 0 aliphatic carbocycles. The van der Waals surface area contributed by atoms with Gasteiger partial charge in [-0.25, -0.2) is 9.78 Å². The van der Waals surface area contributed by atoms with Gasteiger partial charge in [-0.1, -0.05) is 18.2 Å². The summed E-state index contributed by atoms with van der Waals surface area (Å²) in [6.07, 6.45) is 0. The van der Waals surface area contributed by atoms with E-state index in [0.29, 0.717) is 27.7 Å². The van der Waals surface area contributed by atoms with Crippen molar-refractivity contribution in [2.45, 2.75) is 0 Å². The summed E-state index contributed by atoms with van der Waals surface area (Å²) in [5.41, 5.74) is 2.05. The fourth-order valence-corrected chi connectivity index (χ4v) is 3.21. The summed E-state index contributed by atoms with van der Waals surface area (Å²) >= 11 is 2.17. The van der Waals surface area contributed by atoms with Crippen LogP contribution in [0, 0.1) is 3.57 Å². The van der Waals surface area contributed by atoms with Crippen molar-refractivity contribution >= 4 is 45.1 Å². The zero-order valence-corrected chi connectivity index (χ0v) is 16.1. The zero-order valence-electron chi connectivity index (χ0n) is 14.0. The highest BCUT2D eigenvalue weighted by Crippen LogP contribution is 2.21. The first kappa shape index (κ1) is 17.4. The maximum atomic E-state index is 12.3. The minimum Gasteiger partial charge on any atom is -0.403 e. The second-order valence-corrected chi connectivity index (χ2v) is 7.11. The number of hydrogen-bond acceptors (Lipinski definition) is 4. The van der Waals surface area contributed by atoms with Gasteiger partial charge in [-0.05, 0) is 77.2 Å². The Balaban J connectivity index is 1.59. The topological polar surface area (TPSA) is 72.2 Å². The molecule has 0 unspecified atom stereocenters. The number of nitrogens with one attached hydrogen (secondary N) is 1. The number of halogens is 1. The molecular formula is C21H13IN2O3. The number of benzene rings is 3. The second kappa shape index (κ2) is 7.32. The lowest BCUT2D eigenvalue weighted by Crippen LogP contribution is -2.11. The Morgan fingerprint density at radius 3 is 2.52 bits per heavy atom. The predicted molar refractivity (Wildman–Crippen MR) is 113 cm³/mol. The molecule has 0 fully saturated rings. The molecule has 3 aromatic carbocycles. The first-order valence-corrected chi connectivity index (χ1v) is 9.25. The average Bonchev–Trinajstić information content (AvgIpc) is 2.68. The van der Waals surface area contributed by atoms with Crippen LogP contribution in [0.2, 0.25) is 0 Å². The lowest BCUT2D eigenvalue weighted by molar-refractivity contribution is 0.102. The molecule has 1 amide bonds. The number of amides is 1. The highest BCUT2D eigenvalue weighted by atomic mass is 127. The fraction of sp³-hybridized carbons (Fsp3) is 0. The Bertz CT molecular complexity index is 1200. The van der Waals surface area contributed by atoms with Crippen LogP contribution in [-0.2, 0) is 0 Å². The molecule has 0 spiro atoms. The monoisotopic (exact) mass is 468 g/mol. The number of aromatic nitrogens is 1. The van der Waals surface area contributed by atoms with Crippen molar-refractivity contribution in [3.63, 3.8) is 0 Å². The van der Waals surface area contributed by atoms with Gasteiger partial charge in [-0.2, -0.15) is 0 Å². The molecular weight excluding hydrogens is 455 g/mol. The number of carbonyl (C=O) groups is 1. The normalized spacial score (nSPS) is 10.7. The minimum absolute atomic E-state index is 0.184. The summed E-state index contributed by atoms with van der Waals surface area (Å²) in [7, 11) is 0. The molecule has 1 aromatic heterocycles. The Kier molecular flexibility index (Phi) is 4.72. The Labute approximate surface area is 168 Å². The number of carbonyl (C=O) groups excluding carboxylic acids is 1. The first-order chi connectivity index (χ1) is 13.1. The molecule has 0 radical (unpaired) electrons. The van der Waals surface area contributed by atoms with Crippen LogP contribution in [-0.4, -0.2) is 10.9 Å². The molecule has 0 bridgehead atoms. The molecule has 0 saturated carbocycles. The Hall–Kier alpha value is -3.00. The van der Waals surface area contributed by atoms with Gasteiger partial charge in [0.05, 0.1) is 10.9 Å². The summed E-state index contributed by atoms with van der Waals surface area (Å²) < 4.78 is 6.32. The second-order valence-electron chi connectivity index (χ2n) is 5.87. The van der Waals surface area contributed by atoms with Crippen LogP contribution in [0.5, 0.6) is 0 Å². The lowest BCUT2D eigenvalue weighted by Gasteiger charge is -2.07. The molecule has 0 saturated heterocycles. The van der Waals surface area contributed by atoms with Crippen LogP contribution in [0.15, 0.2) is 82.0 Å². The summed E-state index contributed by atoms with van der Waals surface area (Å²) in [6.45, 7) is 0. The molecule has 0 aliphatic rings. The average molecular weight is 468 g/mol. The van der Waals surface area contributed by atoms with Gasteiger partial charge in [0, 0.05) is 20.4 Å². The number of fused-ring (bicyclic) bond motifs is 1. The third-order valence-electron chi connectivity index (χ3n) is 4.01. The Morgan fingerprint density at radius 1 is 0.963 bits per heavy atom. The molecule has 27 heavy (non-hydrogen) atoms. The summed E-state index contributed by atoms with van der Waals surface area (Å²) in [5.74, 6) is 0.0609. The van der Waals surface area contributed by atoms with E-state index < -0.39 is 5.63 Å². The fourth-order valence-electron chi connectivity index (χ4n) is 2.67. The van der Waals surface area contributed by atoms with Crippen LogP contribution >= 0.6 is 22.6 Å². The van der Waals surface area contributed by atoms with E-state index in [1.54, 1.807) is 48.5 Å². The maximum absolute atomic E-state index is 12.3. The summed E-state index contributed by atoms with van der Waals surface area (Å²) in [4.78, 5) is 28.8. The van der Waals surface area contributed by atoms with E-state index in [-0.39, 0.29) is 11.8 Å². The van der Waals surface area contributed by atoms with Crippen molar-refractivity contribution < 1.29 is 9.21 Å². The van der Waals surface area contributed by atoms with E-state index in [2.05, 4.69) is 32.9 Å². The molecule has 0 atom stereocenters. The maximum Gasteiger partial charge on any atom is 0.347 e. The number of hydrogen-bond donors (Lipinski definition) is 1. The zero-order chi connectivity index (χ0) is 18.8. The number of nitrogens with zero attached hydrogens (tertiary/aromatic N) is 1. The van der Waals surface area contributed by atoms with Gasteiger partial charge in [-0.3, -0.25) is 4.79 Å². The van der Waals surface area contributed by atoms with Gasteiger partial charge in [0.25, 0.3) is 5.91 Å². The Morgan fingerprint density at radius 2 is 1.74 bits per heavy atom. The molecule has 6 heteroatoms. The molecule has 132 valence electrons. The SMILES string of the molecule is O=C(Nc1ccc(-c2nc3ccccc3c(=O)o2)cc1)c1cccc(I)c1. The molecule has 1 heterocycles. The minimum atomic E-state index is -0.424. The summed E-state index contributed by atoms with van der Waals surface area (Å²) in [6, 6.07) is 21.4. The number of rotatable bonds is 3. The van der Waals surface area contributed by atoms with Crippen LogP contribution in [0.4, 0.5) is 5.69 Å². The van der Waals surface area contributed by atoms with E-state index in [9.17, 15) is 9.59 Å². The van der Waals surface area contributed by atoms with Gasteiger partial charge in [-0.15, -0.1) is 0 Å². The third-order valence-corrected chi connectivity index (χ3v) is 4.68. The highest BCUT2D eigenvalue weighted by molar-refractivity contribution is 14.1. The summed E-state index contributed by atoms with van der Waals surface area (Å²) in [5, 5.41) is 3.30. The quantitative estimate of drug-likeness (QED) is 0.442. The molecule has 4 aromatic rings. The van der Waals surface area contributed by atoms with Crippen molar-refractivity contribution in [1.29, 1.82) is 0 Å². The van der Waals surface area contributed by atoms with Crippen LogP contribution < -0.4 is 10.9 Å². The predicted octanol–water partition coefficient (Wildman–Crippen LogP) is 4.71. The van der Waals surface area contributed by atoms with Crippen LogP contribution in [0.3, 0.4) is 0 Å². The van der Waals surface area contributed by atoms with Crippen LogP contribution in [0.25, 0.3) is 22.4 Å². The smallest absolute Gasteiger partial charge is 0.347 e. The number of anilines is 1.